The second kappa shape index (κ2) is 9.16. The molecule has 0 aliphatic rings. The highest BCUT2D eigenvalue weighted by molar-refractivity contribution is 6.43. The van der Waals surface area contributed by atoms with E-state index in [1.165, 1.54) is 0 Å². The molecule has 0 saturated heterocycles. The molecule has 0 aliphatic carbocycles. The number of halogens is 4. The molecule has 0 heterocycles. The fourth-order valence-electron chi connectivity index (χ4n) is 0.855. The predicted octanol–water partition coefficient (Wildman–Crippen LogP) is 3.16. The van der Waals surface area contributed by atoms with E-state index in [0.717, 1.165) is 0 Å². The van der Waals surface area contributed by atoms with Crippen molar-refractivity contribution in [3.05, 3.63) is 0 Å². The normalized spacial score (nSPS) is 10.6. The zero-order valence-electron chi connectivity index (χ0n) is 8.13. The van der Waals surface area contributed by atoms with Gasteiger partial charge in [-0.2, -0.15) is 0 Å². The smallest absolute Gasteiger partial charge is 0.308 e. The molecule has 0 N–H and O–H groups in total. The van der Waals surface area contributed by atoms with Gasteiger partial charge >= 0.3 is 11.9 Å². The second-order valence-corrected chi connectivity index (χ2v) is 4.74. The van der Waals surface area contributed by atoms with Gasteiger partial charge in [-0.15, -0.1) is 0 Å². The van der Waals surface area contributed by atoms with Crippen LogP contribution >= 0.6 is 46.4 Å². The highest BCUT2D eigenvalue weighted by atomic mass is 35.5. The molecule has 0 atom stereocenters. The van der Waals surface area contributed by atoms with E-state index in [-0.39, 0.29) is 12.8 Å². The number of carbonyl (C=O) groups is 2. The maximum Gasteiger partial charge on any atom is 0.308 e. The van der Waals surface area contributed by atoms with E-state index in [1.54, 1.807) is 0 Å². The quantitative estimate of drug-likeness (QED) is 0.412. The van der Waals surface area contributed by atoms with Gasteiger partial charge in [0.2, 0.25) is 0 Å². The summed E-state index contributed by atoms with van der Waals surface area (Å²) < 4.78 is 8.91. The molecule has 94 valence electrons. The fourth-order valence-corrected chi connectivity index (χ4v) is 1.25. The SMILES string of the molecule is O=C(CCCCC(=O)OC(Cl)Cl)OC(Cl)Cl. The van der Waals surface area contributed by atoms with Crippen LogP contribution in [0.4, 0.5) is 0 Å². The Hall–Kier alpha value is 0.1000. The zero-order chi connectivity index (χ0) is 12.6. The van der Waals surface area contributed by atoms with Crippen LogP contribution < -0.4 is 0 Å². The van der Waals surface area contributed by atoms with Crippen LogP contribution in [-0.2, 0) is 19.1 Å². The number of esters is 2. The van der Waals surface area contributed by atoms with Crippen molar-refractivity contribution < 1.29 is 19.1 Å². The molecule has 4 nitrogen and oxygen atoms in total. The van der Waals surface area contributed by atoms with Gasteiger partial charge in [-0.1, -0.05) is 46.4 Å². The van der Waals surface area contributed by atoms with Crippen molar-refractivity contribution >= 4 is 58.3 Å². The maximum atomic E-state index is 10.9. The first-order valence-corrected chi connectivity index (χ1v) is 6.11. The van der Waals surface area contributed by atoms with Crippen molar-refractivity contribution in [2.45, 2.75) is 35.7 Å². The second-order valence-electron chi connectivity index (χ2n) is 2.71. The number of ether oxygens (including phenoxy) is 2. The van der Waals surface area contributed by atoms with Crippen molar-refractivity contribution in [3.8, 4) is 0 Å². The highest BCUT2D eigenvalue weighted by Gasteiger charge is 2.10. The number of rotatable bonds is 7. The average Bonchev–Trinajstić information content (AvgIpc) is 2.10. The Bertz CT molecular complexity index is 208. The molecule has 0 amide bonds. The van der Waals surface area contributed by atoms with Crippen LogP contribution in [-0.4, -0.2) is 22.0 Å². The molecule has 0 aliphatic heterocycles. The average molecular weight is 312 g/mol. The van der Waals surface area contributed by atoms with Crippen LogP contribution in [0.5, 0.6) is 0 Å². The minimum atomic E-state index is -1.16. The number of alkyl halides is 4. The molecular formula is C8H10Cl4O4. The monoisotopic (exact) mass is 310 g/mol. The van der Waals surface area contributed by atoms with E-state index in [4.69, 9.17) is 46.4 Å². The van der Waals surface area contributed by atoms with E-state index < -0.39 is 22.0 Å². The number of unbranched alkanes of at least 4 members (excludes halogenated alkanes) is 1. The van der Waals surface area contributed by atoms with E-state index in [0.29, 0.717) is 12.8 Å². The molecule has 0 aromatic rings. The van der Waals surface area contributed by atoms with Gasteiger partial charge in [0.15, 0.2) is 0 Å². The summed E-state index contributed by atoms with van der Waals surface area (Å²) in [4.78, 5) is 21.9. The van der Waals surface area contributed by atoms with Crippen LogP contribution in [0, 0.1) is 0 Å². The Morgan fingerprint density at radius 3 is 1.38 bits per heavy atom. The lowest BCUT2D eigenvalue weighted by molar-refractivity contribution is -0.145. The molecule has 0 aromatic carbocycles. The Morgan fingerprint density at radius 2 is 1.12 bits per heavy atom. The van der Waals surface area contributed by atoms with E-state index >= 15 is 0 Å². The Balaban J connectivity index is 3.46. The number of hydrogen-bond donors (Lipinski definition) is 0. The molecule has 0 unspecified atom stereocenters. The van der Waals surface area contributed by atoms with Gasteiger partial charge in [0.25, 0.3) is 10.0 Å². The number of carbonyl (C=O) groups excluding carboxylic acids is 2. The van der Waals surface area contributed by atoms with Gasteiger partial charge in [-0.3, -0.25) is 9.59 Å². The Kier molecular flexibility index (Phi) is 9.22. The Labute approximate surface area is 113 Å². The van der Waals surface area contributed by atoms with Crippen LogP contribution in [0.25, 0.3) is 0 Å². The third-order valence-electron chi connectivity index (χ3n) is 1.45. The zero-order valence-corrected chi connectivity index (χ0v) is 11.2. The van der Waals surface area contributed by atoms with E-state index in [2.05, 4.69) is 9.47 Å². The van der Waals surface area contributed by atoms with Gasteiger partial charge < -0.3 is 9.47 Å². The third kappa shape index (κ3) is 10.6. The molecule has 0 radical (unpaired) electrons. The predicted molar refractivity (Wildman–Crippen MR) is 61.6 cm³/mol. The summed E-state index contributed by atoms with van der Waals surface area (Å²) in [6.45, 7) is 0. The van der Waals surface area contributed by atoms with Gasteiger partial charge in [0.05, 0.1) is 0 Å². The number of hydrogen-bond acceptors (Lipinski definition) is 4. The molecule has 16 heavy (non-hydrogen) atoms. The van der Waals surface area contributed by atoms with Crippen LogP contribution in [0.15, 0.2) is 0 Å². The Morgan fingerprint density at radius 1 is 0.812 bits per heavy atom. The first-order chi connectivity index (χ1) is 7.41. The minimum Gasteiger partial charge on any atom is -0.431 e. The summed E-state index contributed by atoms with van der Waals surface area (Å²) in [6.07, 6.45) is 1.19. The van der Waals surface area contributed by atoms with Crippen LogP contribution in [0.3, 0.4) is 0 Å². The standard InChI is InChI=1S/C8H10Cl4O4/c9-7(10)15-5(13)3-1-2-4-6(14)16-8(11)12/h7-8H,1-4H2. The molecule has 0 rings (SSSR count). The largest absolute Gasteiger partial charge is 0.431 e. The molecule has 0 aromatic heterocycles. The summed E-state index contributed by atoms with van der Waals surface area (Å²) in [5.41, 5.74) is 0. The summed E-state index contributed by atoms with van der Waals surface area (Å²) >= 11 is 20.8. The molecule has 8 heteroatoms. The first-order valence-electron chi connectivity index (χ1n) is 4.37. The summed E-state index contributed by atoms with van der Waals surface area (Å²) in [5, 5.41) is -2.32. The van der Waals surface area contributed by atoms with Gasteiger partial charge in [0, 0.05) is 12.8 Å². The lowest BCUT2D eigenvalue weighted by Gasteiger charge is -2.05. The lowest BCUT2D eigenvalue weighted by Crippen LogP contribution is -2.09. The van der Waals surface area contributed by atoms with Crippen molar-refractivity contribution in [1.29, 1.82) is 0 Å². The summed E-state index contributed by atoms with van der Waals surface area (Å²) in [7, 11) is 0. The fraction of sp³-hybridized carbons (Fsp3) is 0.750. The molecule has 0 spiro atoms. The molecule has 0 bridgehead atoms. The summed E-state index contributed by atoms with van der Waals surface area (Å²) in [6, 6.07) is 0. The highest BCUT2D eigenvalue weighted by Crippen LogP contribution is 2.10. The molecule has 0 fully saturated rings. The molecule has 0 saturated carbocycles. The topological polar surface area (TPSA) is 52.6 Å². The van der Waals surface area contributed by atoms with Crippen molar-refractivity contribution in [3.63, 3.8) is 0 Å². The van der Waals surface area contributed by atoms with Crippen LogP contribution in [0.2, 0.25) is 0 Å². The van der Waals surface area contributed by atoms with Crippen molar-refractivity contribution in [2.24, 2.45) is 0 Å². The van der Waals surface area contributed by atoms with Crippen molar-refractivity contribution in [1.82, 2.24) is 0 Å². The molecular weight excluding hydrogens is 302 g/mol. The van der Waals surface area contributed by atoms with Gasteiger partial charge in [-0.25, -0.2) is 0 Å². The van der Waals surface area contributed by atoms with Gasteiger partial charge in [0.1, 0.15) is 0 Å². The maximum absolute atomic E-state index is 10.9. The lowest BCUT2D eigenvalue weighted by atomic mass is 10.2. The third-order valence-corrected chi connectivity index (χ3v) is 1.81. The first kappa shape index (κ1) is 16.1. The minimum absolute atomic E-state index is 0.133. The van der Waals surface area contributed by atoms with Crippen LogP contribution in [0.1, 0.15) is 25.7 Å². The van der Waals surface area contributed by atoms with E-state index in [9.17, 15) is 9.59 Å². The van der Waals surface area contributed by atoms with Crippen molar-refractivity contribution in [2.75, 3.05) is 0 Å². The summed E-state index contributed by atoms with van der Waals surface area (Å²) in [5.74, 6) is -1.04. The van der Waals surface area contributed by atoms with E-state index in [1.807, 2.05) is 0 Å². The van der Waals surface area contributed by atoms with Gasteiger partial charge in [-0.05, 0) is 12.8 Å².